The number of hydrogen-bond donors (Lipinski definition) is 2. The third kappa shape index (κ3) is 5.13. The fraction of sp³-hybridized carbons (Fsp3) is 0.125. The number of amides is 2. The molecule has 0 saturated carbocycles. The van der Waals surface area contributed by atoms with Crippen LogP contribution in [-0.2, 0) is 9.59 Å². The highest BCUT2D eigenvalue weighted by atomic mass is 32.2. The highest BCUT2D eigenvalue weighted by Crippen LogP contribution is 2.34. The molecule has 0 aliphatic carbocycles. The van der Waals surface area contributed by atoms with Crippen LogP contribution in [-0.4, -0.2) is 22.2 Å². The minimum Gasteiger partial charge on any atom is -0.332 e. The fourth-order valence-corrected chi connectivity index (χ4v) is 4.55. The topological polar surface area (TPSA) is 61.4 Å². The number of thiocarbonyl (C=S) groups is 1. The Hall–Kier alpha value is -3.16. The minimum atomic E-state index is -0.423. The van der Waals surface area contributed by atoms with Crippen molar-refractivity contribution >= 4 is 58.0 Å². The number of thioether (sulfide) groups is 1. The van der Waals surface area contributed by atoms with Gasteiger partial charge in [-0.15, -0.1) is 11.8 Å². The van der Waals surface area contributed by atoms with Crippen molar-refractivity contribution < 1.29 is 9.59 Å². The van der Waals surface area contributed by atoms with Gasteiger partial charge in [0.25, 0.3) is 0 Å². The molecule has 1 heterocycles. The zero-order valence-electron chi connectivity index (χ0n) is 16.9. The van der Waals surface area contributed by atoms with Crippen LogP contribution < -0.4 is 15.5 Å². The standard InChI is InChI=1S/C24H21N3O2S2/c1-16-7-11-19(12-8-16)27-22(28)15-21(23(27)29)31-20-13-9-18(10-14-20)26-24(30)25-17-5-3-2-4-6-17/h2-14,21H,15H2,1H3,(H2,25,26,30). The molecule has 5 nitrogen and oxygen atoms in total. The van der Waals surface area contributed by atoms with Crippen LogP contribution in [0, 0.1) is 6.92 Å². The van der Waals surface area contributed by atoms with E-state index in [1.807, 2.05) is 85.8 Å². The molecule has 7 heteroatoms. The van der Waals surface area contributed by atoms with Crippen LogP contribution in [0.1, 0.15) is 12.0 Å². The van der Waals surface area contributed by atoms with E-state index in [0.29, 0.717) is 10.8 Å². The van der Waals surface area contributed by atoms with Crippen molar-refractivity contribution in [1.29, 1.82) is 0 Å². The number of benzene rings is 3. The third-order valence-corrected chi connectivity index (χ3v) is 6.22. The van der Waals surface area contributed by atoms with E-state index in [-0.39, 0.29) is 18.2 Å². The number of nitrogens with zero attached hydrogens (tertiary/aromatic N) is 1. The van der Waals surface area contributed by atoms with Gasteiger partial charge in [0.15, 0.2) is 5.11 Å². The summed E-state index contributed by atoms with van der Waals surface area (Å²) < 4.78 is 0. The van der Waals surface area contributed by atoms with E-state index in [1.165, 1.54) is 16.7 Å². The van der Waals surface area contributed by atoms with Gasteiger partial charge < -0.3 is 10.6 Å². The van der Waals surface area contributed by atoms with Gasteiger partial charge in [-0.05, 0) is 67.7 Å². The van der Waals surface area contributed by atoms with Gasteiger partial charge in [-0.1, -0.05) is 35.9 Å². The lowest BCUT2D eigenvalue weighted by Gasteiger charge is -2.15. The molecule has 1 unspecified atom stereocenters. The quantitative estimate of drug-likeness (QED) is 0.413. The highest BCUT2D eigenvalue weighted by molar-refractivity contribution is 8.00. The monoisotopic (exact) mass is 447 g/mol. The van der Waals surface area contributed by atoms with Crippen molar-refractivity contribution in [2.45, 2.75) is 23.5 Å². The molecule has 31 heavy (non-hydrogen) atoms. The van der Waals surface area contributed by atoms with Crippen molar-refractivity contribution in [1.82, 2.24) is 0 Å². The summed E-state index contributed by atoms with van der Waals surface area (Å²) in [7, 11) is 0. The largest absolute Gasteiger partial charge is 0.332 e. The second-order valence-corrected chi connectivity index (χ2v) is 8.87. The molecule has 3 aromatic rings. The SMILES string of the molecule is Cc1ccc(N2C(=O)CC(Sc3ccc(NC(=S)Nc4ccccc4)cc3)C2=O)cc1. The maximum absolute atomic E-state index is 12.8. The molecule has 2 amide bonds. The number of rotatable bonds is 5. The summed E-state index contributed by atoms with van der Waals surface area (Å²) in [5.41, 5.74) is 3.46. The molecule has 1 fully saturated rings. The zero-order chi connectivity index (χ0) is 21.8. The third-order valence-electron chi connectivity index (χ3n) is 4.82. The smallest absolute Gasteiger partial charge is 0.247 e. The molecule has 2 N–H and O–H groups in total. The Balaban J connectivity index is 1.36. The lowest BCUT2D eigenvalue weighted by atomic mass is 10.2. The Morgan fingerprint density at radius 1 is 0.903 bits per heavy atom. The normalized spacial score (nSPS) is 15.8. The summed E-state index contributed by atoms with van der Waals surface area (Å²) in [5.74, 6) is -0.337. The van der Waals surface area contributed by atoms with Crippen LogP contribution in [0.15, 0.2) is 83.8 Å². The average molecular weight is 448 g/mol. The van der Waals surface area contributed by atoms with Crippen LogP contribution in [0.4, 0.5) is 17.1 Å². The first-order valence-electron chi connectivity index (χ1n) is 9.83. The van der Waals surface area contributed by atoms with Gasteiger partial charge in [0, 0.05) is 22.7 Å². The Morgan fingerprint density at radius 3 is 2.16 bits per heavy atom. The number of imide groups is 1. The summed E-state index contributed by atoms with van der Waals surface area (Å²) in [6.07, 6.45) is 0.197. The van der Waals surface area contributed by atoms with E-state index in [1.54, 1.807) is 0 Å². The molecule has 4 rings (SSSR count). The molecular weight excluding hydrogens is 426 g/mol. The number of hydrogen-bond acceptors (Lipinski definition) is 4. The van der Waals surface area contributed by atoms with Crippen molar-refractivity contribution in [2.24, 2.45) is 0 Å². The van der Waals surface area contributed by atoms with Gasteiger partial charge in [-0.2, -0.15) is 0 Å². The van der Waals surface area contributed by atoms with Crippen LogP contribution in [0.5, 0.6) is 0 Å². The van der Waals surface area contributed by atoms with Crippen LogP contribution in [0.2, 0.25) is 0 Å². The van der Waals surface area contributed by atoms with E-state index in [4.69, 9.17) is 12.2 Å². The molecule has 0 bridgehead atoms. The molecule has 1 aliphatic heterocycles. The number of carbonyl (C=O) groups is 2. The first-order chi connectivity index (χ1) is 15.0. The number of anilines is 3. The van der Waals surface area contributed by atoms with Gasteiger partial charge in [-0.3, -0.25) is 9.59 Å². The van der Waals surface area contributed by atoms with Gasteiger partial charge in [0.2, 0.25) is 11.8 Å². The summed E-state index contributed by atoms with van der Waals surface area (Å²) in [5, 5.41) is 6.34. The van der Waals surface area contributed by atoms with Crippen LogP contribution in [0.25, 0.3) is 0 Å². The second-order valence-electron chi connectivity index (χ2n) is 7.18. The Labute approximate surface area is 190 Å². The summed E-state index contributed by atoms with van der Waals surface area (Å²) in [6.45, 7) is 1.97. The fourth-order valence-electron chi connectivity index (χ4n) is 3.26. The number of para-hydroxylation sites is 1. The van der Waals surface area contributed by atoms with E-state index >= 15 is 0 Å². The highest BCUT2D eigenvalue weighted by Gasteiger charge is 2.40. The Morgan fingerprint density at radius 2 is 1.52 bits per heavy atom. The summed E-state index contributed by atoms with van der Waals surface area (Å²) >= 11 is 6.75. The van der Waals surface area contributed by atoms with Gasteiger partial charge in [-0.25, -0.2) is 4.90 Å². The molecule has 1 saturated heterocycles. The van der Waals surface area contributed by atoms with E-state index in [0.717, 1.165) is 21.8 Å². The molecule has 1 aliphatic rings. The number of carbonyl (C=O) groups excluding carboxylic acids is 2. The molecule has 156 valence electrons. The van der Waals surface area contributed by atoms with Gasteiger partial charge >= 0.3 is 0 Å². The van der Waals surface area contributed by atoms with Crippen molar-refractivity contribution in [3.05, 3.63) is 84.4 Å². The van der Waals surface area contributed by atoms with Crippen molar-refractivity contribution in [2.75, 3.05) is 15.5 Å². The van der Waals surface area contributed by atoms with Crippen molar-refractivity contribution in [3.8, 4) is 0 Å². The summed E-state index contributed by atoms with van der Waals surface area (Å²) in [4.78, 5) is 27.5. The van der Waals surface area contributed by atoms with Crippen molar-refractivity contribution in [3.63, 3.8) is 0 Å². The molecule has 3 aromatic carbocycles. The molecule has 0 radical (unpaired) electrons. The molecule has 0 aromatic heterocycles. The number of aryl methyl sites for hydroxylation is 1. The van der Waals surface area contributed by atoms with Crippen LogP contribution >= 0.6 is 24.0 Å². The first kappa shape index (κ1) is 21.1. The Bertz CT molecular complexity index is 1100. The minimum absolute atomic E-state index is 0.165. The van der Waals surface area contributed by atoms with Gasteiger partial charge in [0.1, 0.15) is 0 Å². The molecule has 0 spiro atoms. The molecule has 1 atom stereocenters. The Kier molecular flexibility index (Phi) is 6.34. The lowest BCUT2D eigenvalue weighted by molar-refractivity contribution is -0.121. The zero-order valence-corrected chi connectivity index (χ0v) is 18.5. The maximum Gasteiger partial charge on any atom is 0.247 e. The maximum atomic E-state index is 12.8. The first-order valence-corrected chi connectivity index (χ1v) is 11.1. The number of nitrogens with one attached hydrogen (secondary N) is 2. The predicted octanol–water partition coefficient (Wildman–Crippen LogP) is 5.23. The lowest BCUT2D eigenvalue weighted by Crippen LogP contribution is -2.31. The van der Waals surface area contributed by atoms with Crippen LogP contribution in [0.3, 0.4) is 0 Å². The van der Waals surface area contributed by atoms with E-state index in [2.05, 4.69) is 10.6 Å². The predicted molar refractivity (Wildman–Crippen MR) is 131 cm³/mol. The van der Waals surface area contributed by atoms with Gasteiger partial charge in [0.05, 0.1) is 10.9 Å². The molecular formula is C24H21N3O2S2. The van der Waals surface area contributed by atoms with E-state index < -0.39 is 5.25 Å². The second kappa shape index (κ2) is 9.32. The average Bonchev–Trinajstić information content (AvgIpc) is 3.04. The summed E-state index contributed by atoms with van der Waals surface area (Å²) in [6, 6.07) is 24.8. The van der Waals surface area contributed by atoms with E-state index in [9.17, 15) is 9.59 Å².